The third-order valence-electron chi connectivity index (χ3n) is 3.10. The van der Waals surface area contributed by atoms with Gasteiger partial charge in [-0.2, -0.15) is 0 Å². The number of methoxy groups -OCH3 is 1. The molecular formula is C13H19NO2. The van der Waals surface area contributed by atoms with Gasteiger partial charge in [-0.25, -0.2) is 0 Å². The first-order valence-corrected chi connectivity index (χ1v) is 5.80. The summed E-state index contributed by atoms with van der Waals surface area (Å²) in [5, 5.41) is 0. The van der Waals surface area contributed by atoms with E-state index in [0.29, 0.717) is 0 Å². The molecule has 3 nitrogen and oxygen atoms in total. The second kappa shape index (κ2) is 5.32. The highest BCUT2D eigenvalue weighted by molar-refractivity contribution is 5.33. The second-order valence-corrected chi connectivity index (χ2v) is 4.23. The van der Waals surface area contributed by atoms with Gasteiger partial charge in [0.15, 0.2) is 0 Å². The highest BCUT2D eigenvalue weighted by Gasteiger charge is 2.23. The van der Waals surface area contributed by atoms with Crippen LogP contribution >= 0.6 is 0 Å². The predicted molar refractivity (Wildman–Crippen MR) is 63.6 cm³/mol. The Kier molecular flexibility index (Phi) is 3.80. The van der Waals surface area contributed by atoms with Gasteiger partial charge in [0.1, 0.15) is 5.75 Å². The number of benzene rings is 1. The molecule has 1 fully saturated rings. The van der Waals surface area contributed by atoms with Gasteiger partial charge in [-0.05, 0) is 24.5 Å². The van der Waals surface area contributed by atoms with E-state index in [9.17, 15) is 0 Å². The van der Waals surface area contributed by atoms with Crippen LogP contribution in [-0.2, 0) is 11.2 Å². The zero-order chi connectivity index (χ0) is 11.4. The fourth-order valence-electron chi connectivity index (χ4n) is 2.16. The van der Waals surface area contributed by atoms with Gasteiger partial charge in [0.05, 0.1) is 13.2 Å². The first-order valence-electron chi connectivity index (χ1n) is 5.80. The Balaban J connectivity index is 2.07. The van der Waals surface area contributed by atoms with Gasteiger partial charge in [-0.15, -0.1) is 0 Å². The minimum Gasteiger partial charge on any atom is -0.496 e. The molecule has 2 atom stereocenters. The molecule has 1 aliphatic heterocycles. The molecule has 3 heteroatoms. The third-order valence-corrected chi connectivity index (χ3v) is 3.10. The van der Waals surface area contributed by atoms with Gasteiger partial charge in [0.2, 0.25) is 0 Å². The Morgan fingerprint density at radius 2 is 2.25 bits per heavy atom. The molecule has 0 aromatic heterocycles. The van der Waals surface area contributed by atoms with Crippen molar-refractivity contribution in [2.45, 2.75) is 31.4 Å². The molecule has 0 radical (unpaired) electrons. The van der Waals surface area contributed by atoms with Crippen molar-refractivity contribution in [3.8, 4) is 5.75 Å². The Morgan fingerprint density at radius 3 is 3.00 bits per heavy atom. The number of hydrogen-bond acceptors (Lipinski definition) is 3. The molecule has 1 heterocycles. The van der Waals surface area contributed by atoms with Crippen molar-refractivity contribution in [3.05, 3.63) is 29.8 Å². The Labute approximate surface area is 96.5 Å². The monoisotopic (exact) mass is 221 g/mol. The van der Waals surface area contributed by atoms with Crippen molar-refractivity contribution < 1.29 is 9.47 Å². The summed E-state index contributed by atoms with van der Waals surface area (Å²) in [6, 6.07) is 8.20. The lowest BCUT2D eigenvalue weighted by Crippen LogP contribution is -2.42. The Hall–Kier alpha value is -1.06. The van der Waals surface area contributed by atoms with E-state index in [2.05, 4.69) is 6.07 Å². The molecule has 0 spiro atoms. The van der Waals surface area contributed by atoms with Crippen molar-refractivity contribution in [1.82, 2.24) is 0 Å². The van der Waals surface area contributed by atoms with Crippen LogP contribution < -0.4 is 10.5 Å². The maximum Gasteiger partial charge on any atom is 0.122 e. The normalized spacial score (nSPS) is 25.4. The lowest BCUT2D eigenvalue weighted by atomic mass is 9.97. The maximum atomic E-state index is 6.05. The van der Waals surface area contributed by atoms with Crippen molar-refractivity contribution >= 4 is 0 Å². The first kappa shape index (κ1) is 11.4. The molecule has 1 saturated heterocycles. The van der Waals surface area contributed by atoms with Crippen molar-refractivity contribution in [2.75, 3.05) is 13.7 Å². The number of hydrogen-bond donors (Lipinski definition) is 1. The van der Waals surface area contributed by atoms with E-state index in [1.54, 1.807) is 7.11 Å². The van der Waals surface area contributed by atoms with Crippen molar-refractivity contribution in [3.63, 3.8) is 0 Å². The quantitative estimate of drug-likeness (QED) is 0.845. The molecule has 1 aromatic rings. The molecule has 1 aromatic carbocycles. The van der Waals surface area contributed by atoms with Crippen LogP contribution in [0.3, 0.4) is 0 Å². The van der Waals surface area contributed by atoms with E-state index in [1.165, 1.54) is 5.56 Å². The van der Waals surface area contributed by atoms with Crippen LogP contribution in [0.5, 0.6) is 5.75 Å². The SMILES string of the molecule is COc1ccccc1CC1OCCCC1N. The van der Waals surface area contributed by atoms with Crippen LogP contribution in [0.1, 0.15) is 18.4 Å². The average Bonchev–Trinajstić information content (AvgIpc) is 2.33. The molecule has 0 bridgehead atoms. The van der Waals surface area contributed by atoms with E-state index < -0.39 is 0 Å². The van der Waals surface area contributed by atoms with Gasteiger partial charge in [-0.1, -0.05) is 18.2 Å². The topological polar surface area (TPSA) is 44.5 Å². The fraction of sp³-hybridized carbons (Fsp3) is 0.538. The van der Waals surface area contributed by atoms with Gasteiger partial charge >= 0.3 is 0 Å². The van der Waals surface area contributed by atoms with Gasteiger partial charge in [-0.3, -0.25) is 0 Å². The van der Waals surface area contributed by atoms with Crippen LogP contribution in [0, 0.1) is 0 Å². The zero-order valence-corrected chi connectivity index (χ0v) is 9.69. The molecule has 2 rings (SSSR count). The van der Waals surface area contributed by atoms with E-state index >= 15 is 0 Å². The third kappa shape index (κ3) is 2.54. The smallest absolute Gasteiger partial charge is 0.122 e. The molecule has 16 heavy (non-hydrogen) atoms. The summed E-state index contributed by atoms with van der Waals surface area (Å²) in [7, 11) is 1.69. The van der Waals surface area contributed by atoms with Gasteiger partial charge < -0.3 is 15.2 Å². The fourth-order valence-corrected chi connectivity index (χ4v) is 2.16. The lowest BCUT2D eigenvalue weighted by Gasteiger charge is -2.29. The minimum absolute atomic E-state index is 0.130. The van der Waals surface area contributed by atoms with Crippen LogP contribution in [0.25, 0.3) is 0 Å². The second-order valence-electron chi connectivity index (χ2n) is 4.23. The molecule has 2 N–H and O–H groups in total. The summed E-state index contributed by atoms with van der Waals surface area (Å²) in [5.41, 5.74) is 7.23. The minimum atomic E-state index is 0.130. The number of ether oxygens (including phenoxy) is 2. The van der Waals surface area contributed by atoms with E-state index in [0.717, 1.165) is 31.6 Å². The number of para-hydroxylation sites is 1. The van der Waals surface area contributed by atoms with Crippen molar-refractivity contribution in [2.24, 2.45) is 5.73 Å². The molecule has 0 saturated carbocycles. The van der Waals surface area contributed by atoms with E-state index in [4.69, 9.17) is 15.2 Å². The Bertz CT molecular complexity index is 340. The first-order chi connectivity index (χ1) is 7.81. The van der Waals surface area contributed by atoms with Crippen LogP contribution in [0.15, 0.2) is 24.3 Å². The molecule has 88 valence electrons. The predicted octanol–water partition coefficient (Wildman–Crippen LogP) is 1.74. The summed E-state index contributed by atoms with van der Waals surface area (Å²) >= 11 is 0. The molecule has 1 aliphatic rings. The summed E-state index contributed by atoms with van der Waals surface area (Å²) in [4.78, 5) is 0. The van der Waals surface area contributed by atoms with E-state index in [-0.39, 0.29) is 12.1 Å². The van der Waals surface area contributed by atoms with Crippen LogP contribution in [-0.4, -0.2) is 25.9 Å². The summed E-state index contributed by atoms with van der Waals surface area (Å²) in [6.45, 7) is 0.827. The zero-order valence-electron chi connectivity index (χ0n) is 9.69. The average molecular weight is 221 g/mol. The standard InChI is InChI=1S/C13H19NO2/c1-15-12-7-3-2-5-10(12)9-13-11(14)6-4-8-16-13/h2-3,5,7,11,13H,4,6,8-9,14H2,1H3. The lowest BCUT2D eigenvalue weighted by molar-refractivity contribution is 0.00202. The molecule has 2 unspecified atom stereocenters. The largest absolute Gasteiger partial charge is 0.496 e. The number of rotatable bonds is 3. The molecule has 0 amide bonds. The Morgan fingerprint density at radius 1 is 1.44 bits per heavy atom. The molecule has 0 aliphatic carbocycles. The summed E-state index contributed by atoms with van der Waals surface area (Å²) < 4.78 is 11.0. The van der Waals surface area contributed by atoms with E-state index in [1.807, 2.05) is 18.2 Å². The maximum absolute atomic E-state index is 6.05. The van der Waals surface area contributed by atoms with Crippen LogP contribution in [0.2, 0.25) is 0 Å². The van der Waals surface area contributed by atoms with Crippen molar-refractivity contribution in [1.29, 1.82) is 0 Å². The summed E-state index contributed by atoms with van der Waals surface area (Å²) in [5.74, 6) is 0.920. The van der Waals surface area contributed by atoms with Crippen LogP contribution in [0.4, 0.5) is 0 Å². The molecular weight excluding hydrogens is 202 g/mol. The van der Waals surface area contributed by atoms with Gasteiger partial charge in [0.25, 0.3) is 0 Å². The highest BCUT2D eigenvalue weighted by atomic mass is 16.5. The number of nitrogens with two attached hydrogens (primary N) is 1. The summed E-state index contributed by atoms with van der Waals surface area (Å²) in [6.07, 6.45) is 3.10. The van der Waals surface area contributed by atoms with Gasteiger partial charge in [0, 0.05) is 19.1 Å². The highest BCUT2D eigenvalue weighted by Crippen LogP contribution is 2.23.